The maximum absolute atomic E-state index is 4.64. The summed E-state index contributed by atoms with van der Waals surface area (Å²) in [7, 11) is 0. The van der Waals surface area contributed by atoms with Crippen LogP contribution in [0.4, 0.5) is 0 Å². The molecule has 0 amide bonds. The summed E-state index contributed by atoms with van der Waals surface area (Å²) in [4.78, 5) is 8.87. The molecule has 0 atom stereocenters. The van der Waals surface area contributed by atoms with Gasteiger partial charge in [-0.25, -0.2) is 0 Å². The predicted molar refractivity (Wildman–Crippen MR) is 135 cm³/mol. The Hall–Kier alpha value is -4.07. The summed E-state index contributed by atoms with van der Waals surface area (Å²) in [5.41, 5.74) is 4.13. The summed E-state index contributed by atoms with van der Waals surface area (Å²) in [5.74, 6) is 0. The number of rotatable bonds is 8. The van der Waals surface area contributed by atoms with Crippen molar-refractivity contribution in [3.63, 3.8) is 0 Å². The van der Waals surface area contributed by atoms with Crippen molar-refractivity contribution in [2.24, 2.45) is 0 Å². The van der Waals surface area contributed by atoms with E-state index in [0.29, 0.717) is 13.1 Å². The monoisotopic (exact) mass is 666 g/mol. The molecule has 0 bridgehead atoms. The van der Waals surface area contributed by atoms with Gasteiger partial charge in [-0.3, -0.25) is 14.3 Å². The Morgan fingerprint density at radius 1 is 0.622 bits per heavy atom. The molecule has 8 nitrogen and oxygen atoms in total. The molecule has 37 heavy (non-hydrogen) atoms. The van der Waals surface area contributed by atoms with E-state index >= 15 is 0 Å². The van der Waals surface area contributed by atoms with Crippen LogP contribution in [0.2, 0.25) is 0 Å². The largest absolute Gasteiger partial charge is 3.00 e. The summed E-state index contributed by atoms with van der Waals surface area (Å²) in [6.45, 7) is 2.90. The molecule has 6 aromatic rings. The minimum Gasteiger partial charge on any atom is -0.466 e. The molecule has 186 valence electrons. The standard InChI is InChI=1S/C15H13N3.C13H12N5.Ir/c1-2-9-17(8-1)12-14-6-5-7-15(16-14)13-18-10-3-4-11-18;1-3-15-17(5-1)10-12-7-13(9-14-8-12)11-18-6-2-4-16-18;/h1-8,10H,12-13H2;1-6,8-9H,10-11H2;/q-2;-1;+3. The normalized spacial score (nSPS) is 10.4. The van der Waals surface area contributed by atoms with Crippen LogP contribution in [0, 0.1) is 18.5 Å². The minimum absolute atomic E-state index is 0. The maximum Gasteiger partial charge on any atom is 3.00 e. The quantitative estimate of drug-likeness (QED) is 0.233. The average molecular weight is 666 g/mol. The fraction of sp³-hybridized carbons (Fsp3) is 0.143. The Labute approximate surface area is 229 Å². The van der Waals surface area contributed by atoms with Gasteiger partial charge in [0.05, 0.1) is 11.4 Å². The first-order valence-electron chi connectivity index (χ1n) is 11.6. The van der Waals surface area contributed by atoms with Gasteiger partial charge in [-0.15, -0.1) is 35.9 Å². The van der Waals surface area contributed by atoms with E-state index in [1.807, 2.05) is 110 Å². The van der Waals surface area contributed by atoms with Crippen molar-refractivity contribution in [3.05, 3.63) is 145 Å². The SMILES string of the molecule is [Ir+3].[c-]1c(Cn2cccn2)cncc1Cn1cccn1.[c-]1cccn1Cc1cccc(Cn2[c-]ccc2)n1. The molecular formula is C28H25IrN8. The van der Waals surface area contributed by atoms with E-state index in [9.17, 15) is 0 Å². The van der Waals surface area contributed by atoms with Crippen molar-refractivity contribution in [1.29, 1.82) is 0 Å². The van der Waals surface area contributed by atoms with Crippen molar-refractivity contribution < 1.29 is 20.1 Å². The number of hydrogen-bond acceptors (Lipinski definition) is 4. The Kier molecular flexibility index (Phi) is 9.35. The van der Waals surface area contributed by atoms with Gasteiger partial charge in [-0.2, -0.15) is 40.5 Å². The topological polar surface area (TPSA) is 71.3 Å². The van der Waals surface area contributed by atoms with Crippen LogP contribution in [0.3, 0.4) is 0 Å². The Morgan fingerprint density at radius 3 is 1.59 bits per heavy atom. The van der Waals surface area contributed by atoms with E-state index < -0.39 is 0 Å². The molecule has 0 aromatic carbocycles. The van der Waals surface area contributed by atoms with Crippen LogP contribution >= 0.6 is 0 Å². The van der Waals surface area contributed by atoms with Gasteiger partial charge in [0.2, 0.25) is 0 Å². The third kappa shape index (κ3) is 7.96. The Morgan fingerprint density at radius 2 is 1.16 bits per heavy atom. The molecule has 0 N–H and O–H groups in total. The van der Waals surface area contributed by atoms with E-state index in [4.69, 9.17) is 0 Å². The molecule has 0 fully saturated rings. The Balaban J connectivity index is 0.000000168. The van der Waals surface area contributed by atoms with Gasteiger partial charge in [0.25, 0.3) is 0 Å². The first-order chi connectivity index (χ1) is 17.8. The van der Waals surface area contributed by atoms with Gasteiger partial charge < -0.3 is 14.1 Å². The minimum atomic E-state index is 0. The first kappa shape index (κ1) is 26.0. The summed E-state index contributed by atoms with van der Waals surface area (Å²) < 4.78 is 7.69. The number of pyridine rings is 2. The zero-order valence-corrected chi connectivity index (χ0v) is 22.4. The summed E-state index contributed by atoms with van der Waals surface area (Å²) >= 11 is 0. The second kappa shape index (κ2) is 13.3. The first-order valence-corrected chi connectivity index (χ1v) is 11.6. The van der Waals surface area contributed by atoms with Gasteiger partial charge in [0.15, 0.2) is 0 Å². The molecule has 0 aliphatic carbocycles. The van der Waals surface area contributed by atoms with Crippen LogP contribution in [0.1, 0.15) is 22.5 Å². The van der Waals surface area contributed by atoms with Crippen LogP contribution in [0.5, 0.6) is 0 Å². The molecule has 0 saturated heterocycles. The smallest absolute Gasteiger partial charge is 0.466 e. The summed E-state index contributed by atoms with van der Waals surface area (Å²) in [6.07, 6.45) is 21.2. The van der Waals surface area contributed by atoms with Crippen LogP contribution < -0.4 is 0 Å². The van der Waals surface area contributed by atoms with E-state index in [-0.39, 0.29) is 20.1 Å². The predicted octanol–water partition coefficient (Wildman–Crippen LogP) is 3.75. The van der Waals surface area contributed by atoms with E-state index in [2.05, 4.69) is 38.6 Å². The number of aromatic nitrogens is 8. The molecule has 0 spiro atoms. The molecule has 0 unspecified atom stereocenters. The molecule has 6 rings (SSSR count). The van der Waals surface area contributed by atoms with Crippen LogP contribution in [0.15, 0.2) is 104 Å². The molecule has 0 radical (unpaired) electrons. The van der Waals surface area contributed by atoms with Gasteiger partial charge in [0, 0.05) is 51.0 Å². The second-order valence-corrected chi connectivity index (χ2v) is 8.14. The van der Waals surface area contributed by atoms with Crippen LogP contribution in [0.25, 0.3) is 0 Å². The van der Waals surface area contributed by atoms with Crippen molar-refractivity contribution in [2.75, 3.05) is 0 Å². The zero-order valence-electron chi connectivity index (χ0n) is 20.1. The van der Waals surface area contributed by atoms with Gasteiger partial charge in [-0.05, 0) is 24.3 Å². The molecule has 6 heterocycles. The van der Waals surface area contributed by atoms with Crippen molar-refractivity contribution in [2.45, 2.75) is 26.2 Å². The van der Waals surface area contributed by atoms with Crippen molar-refractivity contribution >= 4 is 0 Å². The molecule has 0 aliphatic rings. The van der Waals surface area contributed by atoms with Gasteiger partial charge in [-0.1, -0.05) is 18.5 Å². The number of hydrogen-bond donors (Lipinski definition) is 0. The van der Waals surface area contributed by atoms with Gasteiger partial charge in [0.1, 0.15) is 0 Å². The van der Waals surface area contributed by atoms with E-state index in [1.54, 1.807) is 12.4 Å². The molecular weight excluding hydrogens is 641 g/mol. The Bertz CT molecular complexity index is 1210. The molecule has 9 heteroatoms. The molecule has 0 saturated carbocycles. The molecule has 6 aromatic heterocycles. The van der Waals surface area contributed by atoms with Crippen molar-refractivity contribution in [3.8, 4) is 0 Å². The van der Waals surface area contributed by atoms with E-state index in [0.717, 1.165) is 35.6 Å². The summed E-state index contributed by atoms with van der Waals surface area (Å²) in [6, 6.07) is 21.0. The van der Waals surface area contributed by atoms with Crippen LogP contribution in [-0.4, -0.2) is 38.7 Å². The third-order valence-electron chi connectivity index (χ3n) is 5.30. The second-order valence-electron chi connectivity index (χ2n) is 8.14. The summed E-state index contributed by atoms with van der Waals surface area (Å²) in [5, 5.41) is 8.34. The van der Waals surface area contributed by atoms with Crippen LogP contribution in [-0.2, 0) is 46.3 Å². The van der Waals surface area contributed by atoms with Crippen molar-refractivity contribution in [1.82, 2.24) is 38.7 Å². The fourth-order valence-corrected chi connectivity index (χ4v) is 3.69. The number of nitrogens with zero attached hydrogens (tertiary/aromatic N) is 8. The van der Waals surface area contributed by atoms with E-state index in [1.165, 1.54) is 0 Å². The van der Waals surface area contributed by atoms with Gasteiger partial charge >= 0.3 is 20.1 Å². The average Bonchev–Trinajstić information content (AvgIpc) is 3.70. The molecule has 0 aliphatic heterocycles. The fourth-order valence-electron chi connectivity index (χ4n) is 3.69. The maximum atomic E-state index is 4.64. The third-order valence-corrected chi connectivity index (χ3v) is 5.30. The zero-order chi connectivity index (χ0) is 24.4.